The van der Waals surface area contributed by atoms with Gasteiger partial charge in [-0.15, -0.1) is 0 Å². The molecule has 1 saturated heterocycles. The van der Waals surface area contributed by atoms with Crippen LogP contribution in [0.1, 0.15) is 51.3 Å². The minimum atomic E-state index is -0.463. The number of piperazine rings is 1. The summed E-state index contributed by atoms with van der Waals surface area (Å²) in [5, 5.41) is 12.5. The number of aliphatic imine (C=N–C) groups is 1. The molecule has 6 heteroatoms. The van der Waals surface area contributed by atoms with Crippen molar-refractivity contribution in [2.75, 3.05) is 57.0 Å². The molecule has 1 aromatic heterocycles. The highest BCUT2D eigenvalue weighted by molar-refractivity contribution is 5.93. The Bertz CT molecular complexity index is 1220. The van der Waals surface area contributed by atoms with Crippen LogP contribution in [0, 0.1) is 18.3 Å². The first-order chi connectivity index (χ1) is 18.7. The van der Waals surface area contributed by atoms with Crippen molar-refractivity contribution in [1.29, 1.82) is 5.26 Å². The van der Waals surface area contributed by atoms with E-state index < -0.39 is 5.41 Å². The molecule has 208 valence electrons. The summed E-state index contributed by atoms with van der Waals surface area (Å²) >= 11 is 0. The van der Waals surface area contributed by atoms with Gasteiger partial charge in [-0.2, -0.15) is 5.26 Å². The van der Waals surface area contributed by atoms with E-state index in [4.69, 9.17) is 0 Å². The van der Waals surface area contributed by atoms with Crippen LogP contribution in [0.25, 0.3) is 5.57 Å². The molecule has 1 N–H and O–H groups in total. The maximum Gasteiger partial charge on any atom is 0.125 e. The lowest BCUT2D eigenvalue weighted by Gasteiger charge is -2.36. The molecule has 0 radical (unpaired) electrons. The third-order valence-corrected chi connectivity index (χ3v) is 6.89. The normalized spacial score (nSPS) is 15.0. The molecular formula is C33H46N6. The topological polar surface area (TPSA) is 67.5 Å². The maximum atomic E-state index is 9.39. The predicted molar refractivity (Wildman–Crippen MR) is 169 cm³/mol. The number of nitriles is 1. The van der Waals surface area contributed by atoms with Crippen molar-refractivity contribution in [3.8, 4) is 6.07 Å². The van der Waals surface area contributed by atoms with Crippen molar-refractivity contribution >= 4 is 23.3 Å². The molecule has 1 fully saturated rings. The minimum absolute atomic E-state index is 0.463. The Morgan fingerprint density at radius 1 is 1.18 bits per heavy atom. The van der Waals surface area contributed by atoms with Gasteiger partial charge in [0, 0.05) is 70.5 Å². The fraction of sp³-hybridized carbons (Fsp3) is 0.424. The molecule has 0 spiro atoms. The fourth-order valence-electron chi connectivity index (χ4n) is 4.58. The number of anilines is 2. The minimum Gasteiger partial charge on any atom is -0.373 e. The SMILES string of the molecule is C=C(/C=C(\C)CN1CCN(c2ccc(C(C)(C)C#N)cc2)CC1)/C(=C\C=NC)c1cnc(NC)cc1C.CC. The van der Waals surface area contributed by atoms with Gasteiger partial charge in [-0.25, -0.2) is 4.98 Å². The highest BCUT2D eigenvalue weighted by atomic mass is 15.3. The van der Waals surface area contributed by atoms with Gasteiger partial charge in [0.2, 0.25) is 0 Å². The molecule has 3 rings (SSSR count). The van der Waals surface area contributed by atoms with Crippen molar-refractivity contribution < 1.29 is 0 Å². The molecule has 0 saturated carbocycles. The van der Waals surface area contributed by atoms with Gasteiger partial charge in [0.25, 0.3) is 0 Å². The van der Waals surface area contributed by atoms with E-state index in [0.717, 1.165) is 66.4 Å². The van der Waals surface area contributed by atoms with Crippen molar-refractivity contribution in [3.63, 3.8) is 0 Å². The molecule has 39 heavy (non-hydrogen) atoms. The zero-order valence-electron chi connectivity index (χ0n) is 25.2. The molecule has 0 amide bonds. The van der Waals surface area contributed by atoms with E-state index in [0.29, 0.717) is 0 Å². The monoisotopic (exact) mass is 526 g/mol. The highest BCUT2D eigenvalue weighted by Gasteiger charge is 2.21. The first-order valence-electron chi connectivity index (χ1n) is 13.8. The molecule has 2 aromatic rings. The fourth-order valence-corrected chi connectivity index (χ4v) is 4.58. The molecule has 0 atom stereocenters. The van der Waals surface area contributed by atoms with E-state index in [2.05, 4.69) is 81.9 Å². The Morgan fingerprint density at radius 3 is 2.36 bits per heavy atom. The number of rotatable bonds is 9. The van der Waals surface area contributed by atoms with E-state index in [-0.39, 0.29) is 0 Å². The van der Waals surface area contributed by atoms with Gasteiger partial charge in [0.15, 0.2) is 0 Å². The van der Waals surface area contributed by atoms with Crippen LogP contribution in [-0.4, -0.2) is 62.9 Å². The average molecular weight is 527 g/mol. The number of nitrogens with zero attached hydrogens (tertiary/aromatic N) is 5. The molecular weight excluding hydrogens is 480 g/mol. The first-order valence-corrected chi connectivity index (χ1v) is 13.8. The Hall–Kier alpha value is -3.69. The number of pyridine rings is 1. The molecule has 2 heterocycles. The number of nitrogens with one attached hydrogen (secondary N) is 1. The van der Waals surface area contributed by atoms with Gasteiger partial charge < -0.3 is 10.2 Å². The quantitative estimate of drug-likeness (QED) is 0.292. The summed E-state index contributed by atoms with van der Waals surface area (Å²) in [7, 11) is 3.65. The Kier molecular flexibility index (Phi) is 12.2. The lowest BCUT2D eigenvalue weighted by molar-refractivity contribution is 0.278. The van der Waals surface area contributed by atoms with Crippen LogP contribution < -0.4 is 10.2 Å². The van der Waals surface area contributed by atoms with E-state index in [1.54, 1.807) is 7.05 Å². The second-order valence-corrected chi connectivity index (χ2v) is 10.2. The summed E-state index contributed by atoms with van der Waals surface area (Å²) in [5.41, 5.74) is 7.28. The summed E-state index contributed by atoms with van der Waals surface area (Å²) in [4.78, 5) is 13.6. The standard InChI is InChI=1S/C31H40N6.C2H6/c1-23(18-24(2)28(12-13-33-6)29-20-35-30(34-7)19-25(29)3)21-36-14-16-37(17-15-36)27-10-8-26(9-11-27)31(4,5)22-32;1-2/h8-13,18-20H,2,14-17,21H2,1,3-7H3,(H,34,35);1-2H3/b23-18+,28-12+,33-13?;. The zero-order valence-corrected chi connectivity index (χ0v) is 25.2. The number of allylic oxidation sites excluding steroid dienone is 4. The average Bonchev–Trinajstić information content (AvgIpc) is 2.95. The van der Waals surface area contributed by atoms with Gasteiger partial charge in [-0.1, -0.05) is 44.2 Å². The Morgan fingerprint density at radius 2 is 1.82 bits per heavy atom. The smallest absolute Gasteiger partial charge is 0.125 e. The molecule has 0 unspecified atom stereocenters. The summed E-state index contributed by atoms with van der Waals surface area (Å²) in [6.07, 6.45) is 7.90. The van der Waals surface area contributed by atoms with Crippen molar-refractivity contribution in [1.82, 2.24) is 9.88 Å². The molecule has 1 aliphatic heterocycles. The lowest BCUT2D eigenvalue weighted by Crippen LogP contribution is -2.46. The number of aromatic nitrogens is 1. The van der Waals surface area contributed by atoms with E-state index in [1.807, 2.05) is 59.3 Å². The van der Waals surface area contributed by atoms with Crippen molar-refractivity contribution in [2.45, 2.75) is 47.0 Å². The second-order valence-electron chi connectivity index (χ2n) is 10.2. The number of aryl methyl sites for hydroxylation is 1. The third-order valence-electron chi connectivity index (χ3n) is 6.89. The van der Waals surface area contributed by atoms with Crippen LogP contribution in [0.3, 0.4) is 0 Å². The number of benzene rings is 1. The lowest BCUT2D eigenvalue weighted by atomic mass is 9.86. The molecule has 1 aromatic carbocycles. The van der Waals surface area contributed by atoms with Crippen LogP contribution in [-0.2, 0) is 5.41 Å². The van der Waals surface area contributed by atoms with Crippen LogP contribution in [0.4, 0.5) is 11.5 Å². The van der Waals surface area contributed by atoms with Gasteiger partial charge in [0.05, 0.1) is 11.5 Å². The number of hydrogen-bond acceptors (Lipinski definition) is 6. The summed E-state index contributed by atoms with van der Waals surface area (Å²) < 4.78 is 0. The highest BCUT2D eigenvalue weighted by Crippen LogP contribution is 2.28. The summed E-state index contributed by atoms with van der Waals surface area (Å²) in [6.45, 7) is 21.4. The molecule has 6 nitrogen and oxygen atoms in total. The van der Waals surface area contributed by atoms with Crippen molar-refractivity contribution in [3.05, 3.63) is 83.1 Å². The molecule has 1 aliphatic rings. The summed E-state index contributed by atoms with van der Waals surface area (Å²) in [6, 6.07) is 12.9. The first kappa shape index (κ1) is 31.5. The van der Waals surface area contributed by atoms with Crippen LogP contribution in [0.5, 0.6) is 0 Å². The van der Waals surface area contributed by atoms with Gasteiger partial charge in [0.1, 0.15) is 5.82 Å². The summed E-state index contributed by atoms with van der Waals surface area (Å²) in [5.74, 6) is 0.850. The Labute approximate surface area is 236 Å². The maximum absolute atomic E-state index is 9.39. The second kappa shape index (κ2) is 15.0. The van der Waals surface area contributed by atoms with Gasteiger partial charge >= 0.3 is 0 Å². The van der Waals surface area contributed by atoms with Gasteiger partial charge in [-0.05, 0) is 74.2 Å². The molecule has 0 aliphatic carbocycles. The number of hydrogen-bond donors (Lipinski definition) is 1. The largest absolute Gasteiger partial charge is 0.373 e. The Balaban J connectivity index is 0.00000260. The predicted octanol–water partition coefficient (Wildman–Crippen LogP) is 6.67. The van der Waals surface area contributed by atoms with Crippen LogP contribution in [0.15, 0.2) is 71.4 Å². The van der Waals surface area contributed by atoms with Crippen LogP contribution in [0.2, 0.25) is 0 Å². The van der Waals surface area contributed by atoms with E-state index in [9.17, 15) is 5.26 Å². The van der Waals surface area contributed by atoms with Crippen LogP contribution >= 0.6 is 0 Å². The van der Waals surface area contributed by atoms with Gasteiger partial charge in [-0.3, -0.25) is 9.89 Å². The third kappa shape index (κ3) is 8.66. The van der Waals surface area contributed by atoms with Crippen molar-refractivity contribution in [2.24, 2.45) is 4.99 Å². The zero-order chi connectivity index (χ0) is 29.0. The van der Waals surface area contributed by atoms with E-state index in [1.165, 1.54) is 11.3 Å². The molecule has 0 bridgehead atoms. The van der Waals surface area contributed by atoms with E-state index >= 15 is 0 Å².